The summed E-state index contributed by atoms with van der Waals surface area (Å²) in [5, 5.41) is 0. The van der Waals surface area contributed by atoms with Crippen molar-refractivity contribution >= 4 is 27.3 Å². The molecule has 0 spiro atoms. The first-order valence-corrected chi connectivity index (χ1v) is 8.11. The van der Waals surface area contributed by atoms with Gasteiger partial charge in [0.15, 0.2) is 0 Å². The minimum absolute atomic E-state index is 0.206. The summed E-state index contributed by atoms with van der Waals surface area (Å²) in [7, 11) is 0. The fourth-order valence-corrected chi connectivity index (χ4v) is 3.26. The highest BCUT2D eigenvalue weighted by atomic mass is 79.9. The summed E-state index contributed by atoms with van der Waals surface area (Å²) >= 11 is 2.33. The van der Waals surface area contributed by atoms with E-state index in [4.69, 9.17) is 0 Å². The predicted molar refractivity (Wildman–Crippen MR) is 78.5 cm³/mol. The van der Waals surface area contributed by atoms with Crippen molar-refractivity contribution in [3.8, 4) is 0 Å². The first-order valence-electron chi connectivity index (χ1n) is 6.16. The van der Waals surface area contributed by atoms with Gasteiger partial charge in [-0.25, -0.2) is 4.98 Å². The lowest BCUT2D eigenvalue weighted by Gasteiger charge is -2.43. The van der Waals surface area contributed by atoms with Gasteiger partial charge in [0.2, 0.25) is 0 Å². The maximum atomic E-state index is 12.3. The lowest BCUT2D eigenvalue weighted by Crippen LogP contribution is -2.55. The molecule has 1 aromatic rings. The third-order valence-corrected chi connectivity index (χ3v) is 5.39. The Bertz CT molecular complexity index is 429. The van der Waals surface area contributed by atoms with Gasteiger partial charge < -0.3 is 4.55 Å². The lowest BCUT2D eigenvalue weighted by molar-refractivity contribution is 0.216. The molecule has 1 saturated carbocycles. The van der Waals surface area contributed by atoms with Crippen molar-refractivity contribution in [2.75, 3.05) is 0 Å². The van der Waals surface area contributed by atoms with Crippen molar-refractivity contribution in [2.45, 2.75) is 50.3 Å². The van der Waals surface area contributed by atoms with Crippen LogP contribution in [0.5, 0.6) is 0 Å². The Morgan fingerprint density at radius 2 is 2.06 bits per heavy atom. The normalized spacial score (nSPS) is 20.3. The molecule has 1 heterocycles. The Morgan fingerprint density at radius 3 is 2.50 bits per heavy atom. The van der Waals surface area contributed by atoms with Crippen LogP contribution in [0.4, 0.5) is 0 Å². The molecule has 3 nitrogen and oxygen atoms in total. The van der Waals surface area contributed by atoms with Crippen molar-refractivity contribution in [1.29, 1.82) is 0 Å². The molecule has 2 rings (SSSR count). The predicted octanol–water partition coefficient (Wildman–Crippen LogP) is 3.28. The molecule has 1 fully saturated rings. The minimum atomic E-state index is -1.07. The summed E-state index contributed by atoms with van der Waals surface area (Å²) in [6.45, 7) is 5.95. The number of halogens is 1. The van der Waals surface area contributed by atoms with Gasteiger partial charge in [-0.05, 0) is 68.1 Å². The van der Waals surface area contributed by atoms with Gasteiger partial charge >= 0.3 is 0 Å². The average Bonchev–Trinajstić information content (AvgIpc) is 2.21. The zero-order chi connectivity index (χ0) is 13.4. The molecular formula is C13H19BrN2OS. The summed E-state index contributed by atoms with van der Waals surface area (Å²) in [6, 6.07) is 5.90. The first-order chi connectivity index (χ1) is 8.33. The summed E-state index contributed by atoms with van der Waals surface area (Å²) in [5.41, 5.74) is 0.780. The van der Waals surface area contributed by atoms with Crippen molar-refractivity contribution in [3.05, 3.63) is 28.5 Å². The van der Waals surface area contributed by atoms with Crippen molar-refractivity contribution in [1.82, 2.24) is 9.71 Å². The van der Waals surface area contributed by atoms with E-state index in [0.717, 1.165) is 29.6 Å². The van der Waals surface area contributed by atoms with Crippen LogP contribution in [0.15, 0.2) is 22.8 Å². The van der Waals surface area contributed by atoms with Crippen molar-refractivity contribution in [2.24, 2.45) is 0 Å². The smallest absolute Gasteiger partial charge is 0.136 e. The third-order valence-electron chi connectivity index (χ3n) is 3.26. The molecule has 100 valence electrons. The van der Waals surface area contributed by atoms with E-state index < -0.39 is 11.4 Å². The zero-order valence-corrected chi connectivity index (χ0v) is 13.4. The zero-order valence-electron chi connectivity index (χ0n) is 11.0. The number of pyridine rings is 1. The van der Waals surface area contributed by atoms with Crippen LogP contribution in [-0.4, -0.2) is 14.3 Å². The van der Waals surface area contributed by atoms with E-state index in [1.807, 2.05) is 39.0 Å². The summed E-state index contributed by atoms with van der Waals surface area (Å²) < 4.78 is 16.2. The number of nitrogens with one attached hydrogen (secondary N) is 1. The van der Waals surface area contributed by atoms with Gasteiger partial charge in [0.05, 0.1) is 5.69 Å². The van der Waals surface area contributed by atoms with Gasteiger partial charge in [-0.1, -0.05) is 6.07 Å². The van der Waals surface area contributed by atoms with Gasteiger partial charge in [0.25, 0.3) is 0 Å². The van der Waals surface area contributed by atoms with Crippen LogP contribution in [0.25, 0.3) is 0 Å². The molecule has 0 aromatic carbocycles. The highest BCUT2D eigenvalue weighted by Gasteiger charge is 2.46. The molecule has 0 unspecified atom stereocenters. The Morgan fingerprint density at radius 1 is 1.39 bits per heavy atom. The maximum Gasteiger partial charge on any atom is 0.136 e. The summed E-state index contributed by atoms with van der Waals surface area (Å²) in [6.07, 6.45) is 3.15. The largest absolute Gasteiger partial charge is 0.598 e. The molecule has 1 aliphatic rings. The van der Waals surface area contributed by atoms with Crippen molar-refractivity contribution < 1.29 is 4.55 Å². The van der Waals surface area contributed by atoms with Crippen LogP contribution < -0.4 is 4.72 Å². The number of nitrogens with zero attached hydrogens (tertiary/aromatic N) is 1. The highest BCUT2D eigenvalue weighted by molar-refractivity contribution is 9.10. The maximum absolute atomic E-state index is 12.3. The standard InChI is InChI=1S/C13H19BrN2OS/c1-12(2,3)18(17)16-13(8-5-9-13)10-6-4-7-11(14)15-10/h4,6-7,16H,5,8-9H2,1-3H3/t18-/m1/s1. The van der Waals surface area contributed by atoms with Crippen molar-refractivity contribution in [3.63, 3.8) is 0 Å². The Hall–Kier alpha value is -0.100. The third kappa shape index (κ3) is 2.90. The molecule has 1 aliphatic carbocycles. The quantitative estimate of drug-likeness (QED) is 0.683. The molecule has 1 aromatic heterocycles. The molecule has 0 saturated heterocycles. The number of hydrogen-bond acceptors (Lipinski definition) is 3. The molecule has 1 N–H and O–H groups in total. The molecule has 0 aliphatic heterocycles. The summed E-state index contributed by atoms with van der Waals surface area (Å²) in [4.78, 5) is 4.52. The molecule has 0 radical (unpaired) electrons. The Labute approximate surface area is 120 Å². The fraction of sp³-hybridized carbons (Fsp3) is 0.615. The van der Waals surface area contributed by atoms with E-state index in [9.17, 15) is 4.55 Å². The fourth-order valence-electron chi connectivity index (χ4n) is 1.95. The molecule has 0 amide bonds. The first kappa shape index (κ1) is 14.3. The van der Waals surface area contributed by atoms with Crippen LogP contribution in [0.1, 0.15) is 45.7 Å². The minimum Gasteiger partial charge on any atom is -0.598 e. The van der Waals surface area contributed by atoms with Gasteiger partial charge in [-0.2, -0.15) is 0 Å². The van der Waals surface area contributed by atoms with Crippen LogP contribution in [0, 0.1) is 0 Å². The molecule has 1 atom stereocenters. The SMILES string of the molecule is CC(C)(C)[S@@+]([O-])NC1(c2cccc(Br)n2)CCC1. The van der Waals surface area contributed by atoms with Gasteiger partial charge in [0, 0.05) is 11.4 Å². The van der Waals surface area contributed by atoms with Gasteiger partial charge in [0.1, 0.15) is 14.9 Å². The van der Waals surface area contributed by atoms with Crippen LogP contribution in [0.3, 0.4) is 0 Å². The van der Waals surface area contributed by atoms with E-state index in [2.05, 4.69) is 25.6 Å². The Kier molecular flexibility index (Phi) is 4.07. The second-order valence-electron chi connectivity index (χ2n) is 5.76. The van der Waals surface area contributed by atoms with E-state index >= 15 is 0 Å². The van der Waals surface area contributed by atoms with E-state index in [1.165, 1.54) is 0 Å². The second-order valence-corrected chi connectivity index (χ2v) is 8.54. The van der Waals surface area contributed by atoms with E-state index in [-0.39, 0.29) is 10.3 Å². The van der Waals surface area contributed by atoms with E-state index in [1.54, 1.807) is 0 Å². The molecular weight excluding hydrogens is 312 g/mol. The topological polar surface area (TPSA) is 48.0 Å². The monoisotopic (exact) mass is 330 g/mol. The molecule has 18 heavy (non-hydrogen) atoms. The summed E-state index contributed by atoms with van der Waals surface area (Å²) in [5.74, 6) is 0. The lowest BCUT2D eigenvalue weighted by atomic mass is 9.75. The van der Waals surface area contributed by atoms with Crippen LogP contribution >= 0.6 is 15.9 Å². The van der Waals surface area contributed by atoms with E-state index in [0.29, 0.717) is 0 Å². The number of hydrogen-bond donors (Lipinski definition) is 1. The highest BCUT2D eigenvalue weighted by Crippen LogP contribution is 2.42. The molecule has 5 heteroatoms. The number of aromatic nitrogens is 1. The van der Waals surface area contributed by atoms with Crippen LogP contribution in [0.2, 0.25) is 0 Å². The molecule has 0 bridgehead atoms. The Balaban J connectivity index is 2.21. The van der Waals surface area contributed by atoms with Gasteiger partial charge in [-0.15, -0.1) is 4.72 Å². The number of rotatable bonds is 3. The van der Waals surface area contributed by atoms with Crippen LogP contribution in [-0.2, 0) is 16.9 Å². The van der Waals surface area contributed by atoms with Gasteiger partial charge in [-0.3, -0.25) is 0 Å². The second kappa shape index (κ2) is 5.12. The average molecular weight is 331 g/mol.